The SMILES string of the molecule is O=C(Oc1ccccc1COC(=O)C(F)(F)S(=O)(=O)[O-])c1ccccc1. The molecule has 2 rings (SSSR count). The second-order valence-corrected chi connectivity index (χ2v) is 6.33. The fourth-order valence-electron chi connectivity index (χ4n) is 1.79. The predicted octanol–water partition coefficient (Wildman–Crippen LogP) is 2.09. The molecular formula is C16H11F2O7S-. The maximum Gasteiger partial charge on any atom is 0.428 e. The number of benzene rings is 2. The Hall–Kier alpha value is -2.85. The Kier molecular flexibility index (Phi) is 5.68. The van der Waals surface area contributed by atoms with E-state index in [2.05, 4.69) is 4.74 Å². The van der Waals surface area contributed by atoms with E-state index in [0.717, 1.165) is 0 Å². The zero-order valence-electron chi connectivity index (χ0n) is 12.9. The fraction of sp³-hybridized carbons (Fsp3) is 0.125. The summed E-state index contributed by atoms with van der Waals surface area (Å²) in [7, 11) is -6.21. The van der Waals surface area contributed by atoms with Crippen molar-refractivity contribution in [3.05, 3.63) is 65.7 Å². The molecule has 0 atom stereocenters. The summed E-state index contributed by atoms with van der Waals surface area (Å²) in [5.41, 5.74) is 0.243. The zero-order valence-corrected chi connectivity index (χ0v) is 13.7. The van der Waals surface area contributed by atoms with Crippen molar-refractivity contribution in [2.75, 3.05) is 0 Å². The minimum absolute atomic E-state index is 0.0178. The van der Waals surface area contributed by atoms with E-state index >= 15 is 0 Å². The summed E-state index contributed by atoms with van der Waals surface area (Å²) in [6.45, 7) is -0.831. The highest BCUT2D eigenvalue weighted by Gasteiger charge is 2.48. The molecule has 0 fully saturated rings. The van der Waals surface area contributed by atoms with Gasteiger partial charge in [-0.25, -0.2) is 18.0 Å². The van der Waals surface area contributed by atoms with Gasteiger partial charge in [-0.05, 0) is 18.2 Å². The topological polar surface area (TPSA) is 110 Å². The number of hydrogen-bond donors (Lipinski definition) is 0. The van der Waals surface area contributed by atoms with Gasteiger partial charge in [0.15, 0.2) is 10.1 Å². The Balaban J connectivity index is 2.12. The van der Waals surface area contributed by atoms with Crippen LogP contribution in [0.15, 0.2) is 54.6 Å². The van der Waals surface area contributed by atoms with Crippen molar-refractivity contribution in [2.24, 2.45) is 0 Å². The van der Waals surface area contributed by atoms with Crippen molar-refractivity contribution >= 4 is 22.1 Å². The van der Waals surface area contributed by atoms with Gasteiger partial charge in [0.1, 0.15) is 12.4 Å². The lowest BCUT2D eigenvalue weighted by Gasteiger charge is -2.18. The molecule has 0 aliphatic carbocycles. The van der Waals surface area contributed by atoms with Crippen molar-refractivity contribution in [2.45, 2.75) is 11.9 Å². The molecule has 138 valence electrons. The normalized spacial score (nSPS) is 11.7. The first-order valence-electron chi connectivity index (χ1n) is 6.98. The quantitative estimate of drug-likeness (QED) is 0.425. The van der Waals surface area contributed by atoms with E-state index in [0.29, 0.717) is 0 Å². The molecule has 0 bridgehead atoms. The highest BCUT2D eigenvalue weighted by molar-refractivity contribution is 7.87. The third-order valence-corrected chi connectivity index (χ3v) is 3.89. The van der Waals surface area contributed by atoms with Gasteiger partial charge in [-0.3, -0.25) is 0 Å². The molecule has 0 amide bonds. The van der Waals surface area contributed by atoms with Gasteiger partial charge in [0, 0.05) is 5.56 Å². The maximum atomic E-state index is 13.1. The van der Waals surface area contributed by atoms with Gasteiger partial charge in [0.25, 0.3) is 0 Å². The van der Waals surface area contributed by atoms with Crippen LogP contribution >= 0.6 is 0 Å². The van der Waals surface area contributed by atoms with E-state index in [4.69, 9.17) is 4.74 Å². The highest BCUT2D eigenvalue weighted by Crippen LogP contribution is 2.25. The molecule has 0 saturated carbocycles. The average Bonchev–Trinajstić information content (AvgIpc) is 2.60. The van der Waals surface area contributed by atoms with Gasteiger partial charge in [0.2, 0.25) is 0 Å². The van der Waals surface area contributed by atoms with E-state index < -0.39 is 33.9 Å². The van der Waals surface area contributed by atoms with E-state index in [1.165, 1.54) is 36.4 Å². The summed E-state index contributed by atoms with van der Waals surface area (Å²) < 4.78 is 66.7. The molecule has 10 heteroatoms. The summed E-state index contributed by atoms with van der Waals surface area (Å²) in [6.07, 6.45) is 0. The monoisotopic (exact) mass is 385 g/mol. The number of ether oxygens (including phenoxy) is 2. The van der Waals surface area contributed by atoms with Crippen LogP contribution in [0.3, 0.4) is 0 Å². The van der Waals surface area contributed by atoms with Crippen LogP contribution in [0.25, 0.3) is 0 Å². The summed E-state index contributed by atoms with van der Waals surface area (Å²) >= 11 is 0. The van der Waals surface area contributed by atoms with Gasteiger partial charge in [0.05, 0.1) is 5.56 Å². The molecule has 2 aromatic carbocycles. The maximum absolute atomic E-state index is 13.1. The van der Waals surface area contributed by atoms with Crippen LogP contribution in [0.4, 0.5) is 8.78 Å². The van der Waals surface area contributed by atoms with Crippen molar-refractivity contribution in [1.82, 2.24) is 0 Å². The van der Waals surface area contributed by atoms with Crippen LogP contribution < -0.4 is 4.74 Å². The first-order valence-corrected chi connectivity index (χ1v) is 8.39. The number of para-hydroxylation sites is 1. The van der Waals surface area contributed by atoms with Crippen molar-refractivity contribution < 1.29 is 40.8 Å². The number of carbonyl (C=O) groups is 2. The predicted molar refractivity (Wildman–Crippen MR) is 82.3 cm³/mol. The van der Waals surface area contributed by atoms with Gasteiger partial charge >= 0.3 is 17.2 Å². The average molecular weight is 385 g/mol. The van der Waals surface area contributed by atoms with Crippen LogP contribution in [0.2, 0.25) is 0 Å². The minimum atomic E-state index is -6.21. The van der Waals surface area contributed by atoms with Gasteiger partial charge in [-0.1, -0.05) is 36.4 Å². The van der Waals surface area contributed by atoms with Crippen LogP contribution in [-0.2, 0) is 26.3 Å². The zero-order chi connectivity index (χ0) is 19.4. The number of esters is 2. The lowest BCUT2D eigenvalue weighted by molar-refractivity contribution is -0.162. The minimum Gasteiger partial charge on any atom is -0.743 e. The van der Waals surface area contributed by atoms with E-state index in [1.54, 1.807) is 18.2 Å². The molecule has 2 aromatic rings. The number of hydrogen-bond acceptors (Lipinski definition) is 7. The van der Waals surface area contributed by atoms with Crippen LogP contribution in [0, 0.1) is 0 Å². The third kappa shape index (κ3) is 4.41. The fourth-order valence-corrected chi connectivity index (χ4v) is 2.05. The van der Waals surface area contributed by atoms with Crippen LogP contribution in [-0.4, -0.2) is 30.2 Å². The molecule has 0 unspecified atom stereocenters. The largest absolute Gasteiger partial charge is 0.743 e. The van der Waals surface area contributed by atoms with E-state index in [9.17, 15) is 31.3 Å². The Morgan fingerprint density at radius 2 is 1.58 bits per heavy atom. The van der Waals surface area contributed by atoms with Crippen molar-refractivity contribution in [3.8, 4) is 5.75 Å². The number of rotatable bonds is 6. The summed E-state index contributed by atoms with van der Waals surface area (Å²) in [5, 5.41) is -5.22. The third-order valence-electron chi connectivity index (χ3n) is 3.10. The Morgan fingerprint density at radius 1 is 1.00 bits per heavy atom. The molecular weight excluding hydrogens is 374 g/mol. The van der Waals surface area contributed by atoms with Crippen molar-refractivity contribution in [1.29, 1.82) is 0 Å². The standard InChI is InChI=1S/C16H12F2O7S/c17-16(18,26(21,22)23)15(20)24-10-12-8-4-5-9-13(12)25-14(19)11-6-2-1-3-7-11/h1-9H,10H2,(H,21,22,23)/p-1. The lowest BCUT2D eigenvalue weighted by Crippen LogP contribution is -2.39. The van der Waals surface area contributed by atoms with Gasteiger partial charge < -0.3 is 14.0 Å². The molecule has 0 spiro atoms. The molecule has 0 aromatic heterocycles. The first-order chi connectivity index (χ1) is 12.1. The van der Waals surface area contributed by atoms with Crippen LogP contribution in [0.5, 0.6) is 5.75 Å². The van der Waals surface area contributed by atoms with Gasteiger partial charge in [-0.15, -0.1) is 0 Å². The summed E-state index contributed by atoms with van der Waals surface area (Å²) in [4.78, 5) is 23.2. The number of carbonyl (C=O) groups excluding carboxylic acids is 2. The second-order valence-electron chi connectivity index (χ2n) is 4.91. The van der Waals surface area contributed by atoms with E-state index in [-0.39, 0.29) is 16.9 Å². The van der Waals surface area contributed by atoms with Crippen molar-refractivity contribution in [3.63, 3.8) is 0 Å². The molecule has 7 nitrogen and oxygen atoms in total. The molecule has 0 aliphatic rings. The van der Waals surface area contributed by atoms with Gasteiger partial charge in [-0.2, -0.15) is 8.78 Å². The molecule has 0 heterocycles. The summed E-state index contributed by atoms with van der Waals surface area (Å²) in [6, 6.07) is 13.5. The van der Waals surface area contributed by atoms with Crippen LogP contribution in [0.1, 0.15) is 15.9 Å². The smallest absolute Gasteiger partial charge is 0.428 e. The van der Waals surface area contributed by atoms with E-state index in [1.807, 2.05) is 0 Å². The molecule has 0 N–H and O–H groups in total. The second kappa shape index (κ2) is 7.58. The highest BCUT2D eigenvalue weighted by atomic mass is 32.2. The molecule has 26 heavy (non-hydrogen) atoms. The lowest BCUT2D eigenvalue weighted by atomic mass is 10.2. The first kappa shape index (κ1) is 19.5. The molecule has 0 saturated heterocycles. The Labute approximate surface area is 146 Å². The Bertz CT molecular complexity index is 911. The molecule has 0 radical (unpaired) electrons. The number of halogens is 2. The molecule has 0 aliphatic heterocycles. The summed E-state index contributed by atoms with van der Waals surface area (Å²) in [5.74, 6) is -3.34. The Morgan fingerprint density at radius 3 is 2.19 bits per heavy atom. The number of alkyl halides is 2.